The molecule has 0 saturated heterocycles. The lowest BCUT2D eigenvalue weighted by atomic mass is 10.0. The highest BCUT2D eigenvalue weighted by atomic mass is 16.1. The Bertz CT molecular complexity index is 1110. The van der Waals surface area contributed by atoms with Gasteiger partial charge in [0.2, 0.25) is 0 Å². The lowest BCUT2D eigenvalue weighted by molar-refractivity contribution is -0.704. The summed E-state index contributed by atoms with van der Waals surface area (Å²) in [4.78, 5) is 23.5. The summed E-state index contributed by atoms with van der Waals surface area (Å²) in [6.45, 7) is 9.11. The number of Topliss-reactive ketones (excluding diaryl/α,β-unsaturated/α-hetero) is 1. The fourth-order valence-corrected chi connectivity index (χ4v) is 3.76. The zero-order chi connectivity index (χ0) is 21.3. The van der Waals surface area contributed by atoms with Crippen molar-refractivity contribution in [3.05, 3.63) is 90.1 Å². The van der Waals surface area contributed by atoms with E-state index in [1.54, 1.807) is 6.92 Å². The molecule has 2 aliphatic heterocycles. The first-order valence-electron chi connectivity index (χ1n) is 9.95. The molecule has 5 nitrogen and oxygen atoms in total. The average Bonchev–Trinajstić information content (AvgIpc) is 3.11. The van der Waals surface area contributed by atoms with E-state index in [2.05, 4.69) is 30.2 Å². The third-order valence-electron chi connectivity index (χ3n) is 5.49. The van der Waals surface area contributed by atoms with Gasteiger partial charge < -0.3 is 4.90 Å². The van der Waals surface area contributed by atoms with Crippen LogP contribution in [0.4, 0.5) is 0 Å². The maximum Gasteiger partial charge on any atom is 0.256 e. The first-order chi connectivity index (χ1) is 14.4. The van der Waals surface area contributed by atoms with Gasteiger partial charge in [-0.2, -0.15) is 4.99 Å². The normalized spacial score (nSPS) is 20.0. The van der Waals surface area contributed by atoms with Crippen LogP contribution in [0.5, 0.6) is 0 Å². The van der Waals surface area contributed by atoms with Crippen LogP contribution in [0, 0.1) is 6.92 Å². The van der Waals surface area contributed by atoms with Gasteiger partial charge in [0.25, 0.3) is 5.84 Å². The zero-order valence-electron chi connectivity index (χ0n) is 17.5. The Morgan fingerprint density at radius 2 is 1.87 bits per heavy atom. The van der Waals surface area contributed by atoms with Crippen molar-refractivity contribution in [2.45, 2.75) is 6.92 Å². The van der Waals surface area contributed by atoms with Crippen molar-refractivity contribution in [3.8, 4) is 0 Å². The number of quaternary nitrogens is 1. The minimum absolute atomic E-state index is 0.0507. The van der Waals surface area contributed by atoms with Crippen molar-refractivity contribution < 1.29 is 9.28 Å². The predicted molar refractivity (Wildman–Crippen MR) is 122 cm³/mol. The van der Waals surface area contributed by atoms with Crippen LogP contribution in [0.3, 0.4) is 0 Å². The van der Waals surface area contributed by atoms with Crippen LogP contribution in [0.25, 0.3) is 11.4 Å². The maximum absolute atomic E-state index is 12.0. The third-order valence-corrected chi connectivity index (χ3v) is 5.49. The first kappa shape index (κ1) is 20.1. The molecule has 0 aromatic heterocycles. The summed E-state index contributed by atoms with van der Waals surface area (Å²) in [6, 6.07) is 15.5. The molecule has 0 N–H and O–H groups in total. The number of nitrogens with zero attached hydrogens (tertiary/aromatic N) is 4. The topological polar surface area (TPSA) is 45.0 Å². The van der Waals surface area contributed by atoms with E-state index in [0.717, 1.165) is 47.0 Å². The fourth-order valence-electron chi connectivity index (χ4n) is 3.76. The predicted octanol–water partition coefficient (Wildman–Crippen LogP) is 4.12. The number of carbonyl (C=O) groups excluding carboxylic acids is 1. The summed E-state index contributed by atoms with van der Waals surface area (Å²) < 4.78 is 0.461. The van der Waals surface area contributed by atoms with Gasteiger partial charge in [-0.15, -0.1) is 0 Å². The number of benzene rings is 2. The minimum atomic E-state index is 0.0507. The molecule has 2 heterocycles. The Balaban J connectivity index is 1.82. The summed E-state index contributed by atoms with van der Waals surface area (Å²) in [6.07, 6.45) is 5.91. The monoisotopic (exact) mass is 397 g/mol. The van der Waals surface area contributed by atoms with E-state index in [-0.39, 0.29) is 5.78 Å². The first-order valence-corrected chi connectivity index (χ1v) is 9.95. The van der Waals surface area contributed by atoms with Crippen LogP contribution in [0.2, 0.25) is 0 Å². The molecule has 150 valence electrons. The lowest BCUT2D eigenvalue weighted by Crippen LogP contribution is -2.50. The summed E-state index contributed by atoms with van der Waals surface area (Å²) in [5, 5.41) is 0. The number of ketones is 1. The Hall–Kier alpha value is -3.15. The van der Waals surface area contributed by atoms with Gasteiger partial charge in [0, 0.05) is 23.2 Å². The Kier molecular flexibility index (Phi) is 5.33. The molecule has 4 rings (SSSR count). The van der Waals surface area contributed by atoms with Crippen molar-refractivity contribution in [2.24, 2.45) is 9.98 Å². The van der Waals surface area contributed by atoms with Crippen molar-refractivity contribution in [1.29, 1.82) is 0 Å². The van der Waals surface area contributed by atoms with Crippen LogP contribution >= 0.6 is 0 Å². The Labute approximate surface area is 178 Å². The molecule has 1 atom stereocenters. The second-order valence-corrected chi connectivity index (χ2v) is 7.93. The number of hydrogen-bond donors (Lipinski definition) is 0. The number of rotatable bonds is 6. The minimum Gasteiger partial charge on any atom is -0.304 e. The van der Waals surface area contributed by atoms with E-state index in [4.69, 9.17) is 11.9 Å². The molecule has 0 fully saturated rings. The van der Waals surface area contributed by atoms with Gasteiger partial charge in [0.15, 0.2) is 11.5 Å². The number of carbonyl (C=O) groups is 1. The van der Waals surface area contributed by atoms with E-state index < -0.39 is 0 Å². The fraction of sp³-hybridized carbons (Fsp3) is 0.200. The largest absolute Gasteiger partial charge is 0.304 e. The second kappa shape index (κ2) is 7.94. The molecule has 0 spiro atoms. The quantitative estimate of drug-likeness (QED) is 0.544. The summed E-state index contributed by atoms with van der Waals surface area (Å²) in [7, 11) is 4.13. The second-order valence-electron chi connectivity index (χ2n) is 7.93. The highest BCUT2D eigenvalue weighted by Crippen LogP contribution is 2.38. The molecular formula is C25H25N4O+. The van der Waals surface area contributed by atoms with E-state index in [0.29, 0.717) is 10.0 Å². The van der Waals surface area contributed by atoms with E-state index in [1.807, 2.05) is 60.9 Å². The molecule has 0 aliphatic carbocycles. The zero-order valence-corrected chi connectivity index (χ0v) is 17.5. The van der Waals surface area contributed by atoms with Gasteiger partial charge >= 0.3 is 0 Å². The van der Waals surface area contributed by atoms with E-state index >= 15 is 0 Å². The van der Waals surface area contributed by atoms with Crippen molar-refractivity contribution in [3.63, 3.8) is 0 Å². The number of hydrogen-bond acceptors (Lipinski definition) is 4. The standard InChI is InChI=1S/C25H25N4O/c1-18-8-10-20(11-9-18)23-17-29(13-12-28(3)4)24(15-27-25(29)16-26-23)22-7-5-6-21(14-22)19(2)30/h1,5-11,14-17H,12-13H2,2-4H3/q+1. The summed E-state index contributed by atoms with van der Waals surface area (Å²) in [5.74, 6) is 0.925. The van der Waals surface area contributed by atoms with Gasteiger partial charge in [-0.1, -0.05) is 36.4 Å². The molecule has 2 aliphatic rings. The third kappa shape index (κ3) is 3.70. The van der Waals surface area contributed by atoms with Gasteiger partial charge in [-0.25, -0.2) is 9.48 Å². The summed E-state index contributed by atoms with van der Waals surface area (Å²) >= 11 is 0. The molecular weight excluding hydrogens is 372 g/mol. The van der Waals surface area contributed by atoms with Crippen molar-refractivity contribution >= 4 is 29.2 Å². The van der Waals surface area contributed by atoms with Crippen LogP contribution < -0.4 is 0 Å². The van der Waals surface area contributed by atoms with E-state index in [9.17, 15) is 4.79 Å². The molecule has 2 aromatic carbocycles. The Morgan fingerprint density at radius 1 is 1.10 bits per heavy atom. The summed E-state index contributed by atoms with van der Waals surface area (Å²) in [5.41, 5.74) is 5.33. The van der Waals surface area contributed by atoms with Crippen LogP contribution in [-0.4, -0.2) is 54.4 Å². The number of amidine groups is 1. The smallest absolute Gasteiger partial charge is 0.256 e. The van der Waals surface area contributed by atoms with E-state index in [1.165, 1.54) is 0 Å². The molecule has 0 amide bonds. The van der Waals surface area contributed by atoms with Crippen LogP contribution in [0.1, 0.15) is 34.0 Å². The maximum atomic E-state index is 12.0. The molecule has 0 bridgehead atoms. The Morgan fingerprint density at radius 3 is 2.57 bits per heavy atom. The van der Waals surface area contributed by atoms with Gasteiger partial charge in [0.1, 0.15) is 24.7 Å². The molecule has 0 saturated carbocycles. The molecule has 2 radical (unpaired) electrons. The van der Waals surface area contributed by atoms with Crippen molar-refractivity contribution in [2.75, 3.05) is 27.2 Å². The molecule has 5 heteroatoms. The molecule has 1 unspecified atom stereocenters. The van der Waals surface area contributed by atoms with Gasteiger partial charge in [-0.05, 0) is 45.6 Å². The number of aliphatic imine (C=N–C) groups is 2. The lowest BCUT2D eigenvalue weighted by Gasteiger charge is -2.35. The number of fused-ring (bicyclic) bond motifs is 1. The van der Waals surface area contributed by atoms with Crippen LogP contribution in [0.15, 0.2) is 70.9 Å². The highest BCUT2D eigenvalue weighted by molar-refractivity contribution is 6.30. The van der Waals surface area contributed by atoms with Crippen molar-refractivity contribution in [1.82, 2.24) is 4.90 Å². The molecule has 2 aromatic rings. The highest BCUT2D eigenvalue weighted by Gasteiger charge is 2.43. The average molecular weight is 398 g/mol. The van der Waals surface area contributed by atoms with Gasteiger partial charge in [-0.3, -0.25) is 4.79 Å². The number of likely N-dealkylation sites (N-methyl/N-ethyl adjacent to an activating group) is 1. The SMILES string of the molecule is [CH]c1ccc(C2=C[N+]3(CCN(C)C)C(c4cccc(C(C)=O)c4)=CN=C3C=N2)cc1. The molecule has 30 heavy (non-hydrogen) atoms. The van der Waals surface area contributed by atoms with Crippen LogP contribution in [-0.2, 0) is 0 Å². The van der Waals surface area contributed by atoms with Gasteiger partial charge in [0.05, 0.1) is 6.20 Å².